The minimum absolute atomic E-state index is 0.0122. The standard InChI is InChI=1S/C51H43N5/c1-34-43-25-11-12-26-45(43)46-31-42(27-28-44(34)46)49(52)56-50(37-18-7-3-8-19-37)53-33-35-15-13-22-39(29-35)40-23-14-24-41(30-40)48-32-47(36-16-5-2-6-17-36)54-51(55-48)38-20-9-4-10-21-38/h2-10,13-18,20-31,33-34,37,47,52H,11-12,19,32H2,1H3/t34-,37?,47?/m0/s1. The van der Waals surface area contributed by atoms with Gasteiger partial charge in [-0.1, -0.05) is 153 Å². The fourth-order valence-corrected chi connectivity index (χ4v) is 8.18. The molecule has 0 aromatic heterocycles. The Labute approximate surface area is 329 Å². The molecule has 0 saturated heterocycles. The van der Waals surface area contributed by atoms with Gasteiger partial charge in [-0.15, -0.1) is 0 Å². The molecule has 2 unspecified atom stereocenters. The van der Waals surface area contributed by atoms with Gasteiger partial charge in [0.05, 0.1) is 11.8 Å². The lowest BCUT2D eigenvalue weighted by molar-refractivity contribution is 0.753. The van der Waals surface area contributed by atoms with E-state index >= 15 is 0 Å². The molecule has 4 aliphatic rings. The first-order valence-corrected chi connectivity index (χ1v) is 19.6. The molecule has 5 nitrogen and oxygen atoms in total. The van der Waals surface area contributed by atoms with E-state index in [4.69, 9.17) is 25.4 Å². The monoisotopic (exact) mass is 725 g/mol. The van der Waals surface area contributed by atoms with Crippen LogP contribution in [0.3, 0.4) is 0 Å². The van der Waals surface area contributed by atoms with Crippen LogP contribution in [0.25, 0.3) is 16.7 Å². The number of nitrogens with zero attached hydrogens (tertiary/aromatic N) is 4. The van der Waals surface area contributed by atoms with E-state index in [1.807, 2.05) is 42.6 Å². The Bertz CT molecular complexity index is 2560. The molecule has 0 spiro atoms. The molecule has 5 aromatic carbocycles. The number of allylic oxidation sites excluding steroid dienone is 7. The molecular weight excluding hydrogens is 683 g/mol. The molecule has 1 aliphatic heterocycles. The molecule has 0 bridgehead atoms. The van der Waals surface area contributed by atoms with E-state index in [1.54, 1.807) is 0 Å². The van der Waals surface area contributed by atoms with Crippen LogP contribution in [0.1, 0.15) is 83.5 Å². The number of hydrogen-bond donors (Lipinski definition) is 1. The summed E-state index contributed by atoms with van der Waals surface area (Å²) < 4.78 is 0. The van der Waals surface area contributed by atoms with Crippen molar-refractivity contribution >= 4 is 35.0 Å². The fourth-order valence-electron chi connectivity index (χ4n) is 8.18. The second kappa shape index (κ2) is 15.6. The molecule has 3 atom stereocenters. The Kier molecular flexibility index (Phi) is 9.81. The maximum absolute atomic E-state index is 9.13. The Hall–Kier alpha value is -6.59. The molecule has 1 N–H and O–H groups in total. The van der Waals surface area contributed by atoms with Crippen LogP contribution in [0.2, 0.25) is 0 Å². The largest absolute Gasteiger partial charge is 0.282 e. The van der Waals surface area contributed by atoms with Gasteiger partial charge in [0.25, 0.3) is 0 Å². The van der Waals surface area contributed by atoms with E-state index in [9.17, 15) is 0 Å². The maximum Gasteiger partial charge on any atom is 0.155 e. The zero-order valence-electron chi connectivity index (χ0n) is 31.5. The molecule has 56 heavy (non-hydrogen) atoms. The quantitative estimate of drug-likeness (QED) is 0.128. The average Bonchev–Trinajstić information content (AvgIpc) is 3.56. The molecule has 0 amide bonds. The van der Waals surface area contributed by atoms with Crippen molar-refractivity contribution < 1.29 is 0 Å². The highest BCUT2D eigenvalue weighted by molar-refractivity contribution is 6.14. The third-order valence-electron chi connectivity index (χ3n) is 11.2. The van der Waals surface area contributed by atoms with Gasteiger partial charge in [0.2, 0.25) is 0 Å². The number of rotatable bonds is 7. The van der Waals surface area contributed by atoms with Crippen molar-refractivity contribution in [3.8, 4) is 11.1 Å². The van der Waals surface area contributed by atoms with E-state index in [0.717, 1.165) is 70.6 Å². The summed E-state index contributed by atoms with van der Waals surface area (Å²) >= 11 is 0. The Balaban J connectivity index is 0.996. The third-order valence-corrected chi connectivity index (χ3v) is 11.2. The Morgan fingerprint density at radius 2 is 1.50 bits per heavy atom. The van der Waals surface area contributed by atoms with Gasteiger partial charge in [-0.3, -0.25) is 10.4 Å². The van der Waals surface area contributed by atoms with Gasteiger partial charge >= 0.3 is 0 Å². The van der Waals surface area contributed by atoms with Gasteiger partial charge in [-0.2, -0.15) is 0 Å². The van der Waals surface area contributed by atoms with Crippen LogP contribution in [-0.2, 0) is 0 Å². The summed E-state index contributed by atoms with van der Waals surface area (Å²) in [6.45, 7) is 2.28. The number of aliphatic imine (C=N–C) groups is 4. The van der Waals surface area contributed by atoms with Gasteiger partial charge < -0.3 is 0 Å². The SMILES string of the molecule is C[C@H]1C2=CCCC=C2c2cc(C(=N)N=C(N=Cc3cccc(-c4cccc(C5=NC(c6ccccc6)=NC(c6ccccc6)C5)c4)c3)C3C=CC=CC3)ccc21. The summed E-state index contributed by atoms with van der Waals surface area (Å²) in [5.74, 6) is 2.00. The molecule has 5 heteroatoms. The van der Waals surface area contributed by atoms with Crippen LogP contribution in [0, 0.1) is 11.3 Å². The molecular formula is C51H43N5. The average molecular weight is 726 g/mol. The van der Waals surface area contributed by atoms with Gasteiger partial charge in [-0.05, 0) is 87.6 Å². The van der Waals surface area contributed by atoms with Gasteiger partial charge in [0, 0.05) is 35.6 Å². The normalized spacial score (nSPS) is 20.2. The van der Waals surface area contributed by atoms with E-state index in [-0.39, 0.29) is 17.8 Å². The van der Waals surface area contributed by atoms with Crippen LogP contribution in [0.4, 0.5) is 0 Å². The van der Waals surface area contributed by atoms with Crippen LogP contribution >= 0.6 is 0 Å². The number of nitrogens with one attached hydrogen (secondary N) is 1. The summed E-state index contributed by atoms with van der Waals surface area (Å²) in [6.07, 6.45) is 18.7. The predicted molar refractivity (Wildman–Crippen MR) is 234 cm³/mol. The summed E-state index contributed by atoms with van der Waals surface area (Å²) in [5.41, 5.74) is 13.6. The highest BCUT2D eigenvalue weighted by Gasteiger charge is 2.30. The highest BCUT2D eigenvalue weighted by Crippen LogP contribution is 2.47. The van der Waals surface area contributed by atoms with Crippen molar-refractivity contribution in [2.24, 2.45) is 25.9 Å². The second-order valence-electron chi connectivity index (χ2n) is 14.8. The second-order valence-corrected chi connectivity index (χ2v) is 14.8. The lowest BCUT2D eigenvalue weighted by atomic mass is 9.93. The van der Waals surface area contributed by atoms with Gasteiger partial charge in [-0.25, -0.2) is 15.0 Å². The van der Waals surface area contributed by atoms with Crippen molar-refractivity contribution in [2.75, 3.05) is 0 Å². The third kappa shape index (κ3) is 7.28. The maximum atomic E-state index is 9.13. The molecule has 272 valence electrons. The van der Waals surface area contributed by atoms with Gasteiger partial charge in [0.1, 0.15) is 5.84 Å². The zero-order valence-corrected chi connectivity index (χ0v) is 31.5. The topological polar surface area (TPSA) is 73.3 Å². The smallest absolute Gasteiger partial charge is 0.155 e. The minimum atomic E-state index is -0.0142. The van der Waals surface area contributed by atoms with E-state index in [1.165, 1.54) is 27.8 Å². The first kappa shape index (κ1) is 35.1. The number of amidine groups is 3. The summed E-state index contributed by atoms with van der Waals surface area (Å²) in [4.78, 5) is 20.1. The van der Waals surface area contributed by atoms with Gasteiger partial charge in [0.15, 0.2) is 11.7 Å². The van der Waals surface area contributed by atoms with Crippen LogP contribution in [0.15, 0.2) is 189 Å². The molecule has 0 fully saturated rings. The van der Waals surface area contributed by atoms with Crippen molar-refractivity contribution in [2.45, 2.75) is 44.6 Å². The van der Waals surface area contributed by atoms with Crippen LogP contribution < -0.4 is 0 Å². The lowest BCUT2D eigenvalue weighted by Gasteiger charge is -2.21. The van der Waals surface area contributed by atoms with Crippen LogP contribution in [0.5, 0.6) is 0 Å². The number of fused-ring (bicyclic) bond motifs is 3. The number of hydrogen-bond acceptors (Lipinski definition) is 3. The van der Waals surface area contributed by atoms with Crippen molar-refractivity contribution in [1.29, 1.82) is 5.41 Å². The molecule has 5 aromatic rings. The first-order chi connectivity index (χ1) is 27.6. The first-order valence-electron chi connectivity index (χ1n) is 19.6. The summed E-state index contributed by atoms with van der Waals surface area (Å²) in [6, 6.07) is 44.2. The molecule has 3 aliphatic carbocycles. The van der Waals surface area contributed by atoms with E-state index < -0.39 is 0 Å². The highest BCUT2D eigenvalue weighted by atomic mass is 15.0. The minimum Gasteiger partial charge on any atom is -0.282 e. The van der Waals surface area contributed by atoms with E-state index in [0.29, 0.717) is 11.8 Å². The zero-order chi connectivity index (χ0) is 37.8. The molecule has 9 rings (SSSR count). The van der Waals surface area contributed by atoms with Crippen molar-refractivity contribution in [3.05, 3.63) is 208 Å². The van der Waals surface area contributed by atoms with Crippen molar-refractivity contribution in [1.82, 2.24) is 0 Å². The fraction of sp³-hybridized carbons (Fsp3) is 0.157. The summed E-state index contributed by atoms with van der Waals surface area (Å²) in [7, 11) is 0. The number of benzene rings is 5. The lowest BCUT2D eigenvalue weighted by Crippen LogP contribution is -2.17. The van der Waals surface area contributed by atoms with Crippen LogP contribution in [-0.4, -0.2) is 29.4 Å². The molecule has 0 radical (unpaired) electrons. The van der Waals surface area contributed by atoms with Crippen molar-refractivity contribution in [3.63, 3.8) is 0 Å². The molecule has 1 heterocycles. The van der Waals surface area contributed by atoms with E-state index in [2.05, 4.69) is 134 Å². The Morgan fingerprint density at radius 3 is 2.32 bits per heavy atom. The summed E-state index contributed by atoms with van der Waals surface area (Å²) in [5, 5.41) is 9.13. The predicted octanol–water partition coefficient (Wildman–Crippen LogP) is 11.9. The Morgan fingerprint density at radius 1 is 0.750 bits per heavy atom. The molecule has 0 saturated carbocycles.